The van der Waals surface area contributed by atoms with Crippen molar-refractivity contribution in [3.05, 3.63) is 54.1 Å². The minimum Gasteiger partial charge on any atom is -0.494 e. The van der Waals surface area contributed by atoms with Gasteiger partial charge in [0.2, 0.25) is 11.8 Å². The fraction of sp³-hybridized carbons (Fsp3) is 0.286. The third-order valence-corrected chi connectivity index (χ3v) is 3.75. The van der Waals surface area contributed by atoms with E-state index < -0.39 is 11.8 Å². The third kappa shape index (κ3) is 7.53. The summed E-state index contributed by atoms with van der Waals surface area (Å²) in [7, 11) is 0. The van der Waals surface area contributed by atoms with Crippen LogP contribution in [0.4, 0.5) is 5.69 Å². The number of hydrogen-bond donors (Lipinski definition) is 3. The molecule has 2 rings (SSSR count). The van der Waals surface area contributed by atoms with Crippen molar-refractivity contribution in [2.75, 3.05) is 18.5 Å². The first-order valence-corrected chi connectivity index (χ1v) is 9.36. The molecule has 0 atom stereocenters. The largest absolute Gasteiger partial charge is 0.494 e. The molecule has 0 heterocycles. The van der Waals surface area contributed by atoms with E-state index in [1.54, 1.807) is 48.5 Å². The number of anilines is 1. The first kappa shape index (κ1) is 21.7. The highest BCUT2D eigenvalue weighted by Crippen LogP contribution is 2.16. The standard InChI is InChI=1S/C21H25N3O5/c1-3-28-17-10-8-16(9-11-17)22-19(25)12-13-20(26)23-24-21(27)15-6-5-7-18(14-15)29-4-2/h5-11,14H,3-4,12-13H2,1-2H3,(H,22,25)(H,23,26)(H,24,27). The topological polar surface area (TPSA) is 106 Å². The van der Waals surface area contributed by atoms with Crippen molar-refractivity contribution in [3.63, 3.8) is 0 Å². The zero-order valence-electron chi connectivity index (χ0n) is 16.5. The number of nitrogens with one attached hydrogen (secondary N) is 3. The van der Waals surface area contributed by atoms with Crippen molar-refractivity contribution in [3.8, 4) is 11.5 Å². The van der Waals surface area contributed by atoms with Crippen LogP contribution in [0.1, 0.15) is 37.0 Å². The monoisotopic (exact) mass is 399 g/mol. The van der Waals surface area contributed by atoms with Gasteiger partial charge in [0.1, 0.15) is 11.5 Å². The number of rotatable bonds is 9. The Hall–Kier alpha value is -3.55. The van der Waals surface area contributed by atoms with Crippen molar-refractivity contribution in [1.29, 1.82) is 0 Å². The number of hydrazine groups is 1. The lowest BCUT2D eigenvalue weighted by molar-refractivity contribution is -0.124. The molecule has 0 saturated carbocycles. The predicted octanol–water partition coefficient (Wildman–Crippen LogP) is 2.66. The first-order chi connectivity index (χ1) is 14.0. The maximum Gasteiger partial charge on any atom is 0.269 e. The fourth-order valence-electron chi connectivity index (χ4n) is 2.41. The van der Waals surface area contributed by atoms with Crippen LogP contribution in [0.5, 0.6) is 11.5 Å². The van der Waals surface area contributed by atoms with Gasteiger partial charge in [-0.25, -0.2) is 0 Å². The van der Waals surface area contributed by atoms with Crippen molar-refractivity contribution < 1.29 is 23.9 Å². The Morgan fingerprint density at radius 3 is 2.14 bits per heavy atom. The molecule has 0 unspecified atom stereocenters. The van der Waals surface area contributed by atoms with Gasteiger partial charge in [-0.15, -0.1) is 0 Å². The van der Waals surface area contributed by atoms with Crippen LogP contribution in [-0.4, -0.2) is 30.9 Å². The molecule has 0 aliphatic carbocycles. The Morgan fingerprint density at radius 2 is 1.45 bits per heavy atom. The van der Waals surface area contributed by atoms with Gasteiger partial charge in [-0.05, 0) is 56.3 Å². The zero-order valence-corrected chi connectivity index (χ0v) is 16.5. The molecule has 2 aromatic carbocycles. The molecule has 3 N–H and O–H groups in total. The first-order valence-electron chi connectivity index (χ1n) is 9.36. The minimum absolute atomic E-state index is 0.0191. The summed E-state index contributed by atoms with van der Waals surface area (Å²) in [5, 5.41) is 2.70. The maximum atomic E-state index is 12.1. The smallest absolute Gasteiger partial charge is 0.269 e. The molecule has 8 nitrogen and oxygen atoms in total. The van der Waals surface area contributed by atoms with E-state index in [0.717, 1.165) is 0 Å². The lowest BCUT2D eigenvalue weighted by Crippen LogP contribution is -2.41. The maximum absolute atomic E-state index is 12.1. The van der Waals surface area contributed by atoms with E-state index in [1.165, 1.54) is 0 Å². The summed E-state index contributed by atoms with van der Waals surface area (Å²) in [6.45, 7) is 4.79. The molecule has 0 spiro atoms. The molecule has 0 aliphatic heterocycles. The van der Waals surface area contributed by atoms with E-state index in [0.29, 0.717) is 36.0 Å². The SMILES string of the molecule is CCOc1ccc(NC(=O)CCC(=O)NNC(=O)c2cccc(OCC)c2)cc1. The molecule has 8 heteroatoms. The quantitative estimate of drug-likeness (QED) is 0.562. The lowest BCUT2D eigenvalue weighted by atomic mass is 10.2. The van der Waals surface area contributed by atoms with E-state index >= 15 is 0 Å². The van der Waals surface area contributed by atoms with E-state index in [2.05, 4.69) is 16.2 Å². The van der Waals surface area contributed by atoms with Gasteiger partial charge in [0.25, 0.3) is 5.91 Å². The summed E-state index contributed by atoms with van der Waals surface area (Å²) in [6, 6.07) is 13.6. The number of hydrogen-bond acceptors (Lipinski definition) is 5. The number of amides is 3. The Labute approximate surface area is 169 Å². The van der Waals surface area contributed by atoms with Crippen molar-refractivity contribution in [2.45, 2.75) is 26.7 Å². The van der Waals surface area contributed by atoms with Crippen LogP contribution in [0.15, 0.2) is 48.5 Å². The molecule has 3 amide bonds. The molecule has 0 radical (unpaired) electrons. The van der Waals surface area contributed by atoms with Gasteiger partial charge < -0.3 is 14.8 Å². The Balaban J connectivity index is 1.72. The number of carbonyl (C=O) groups excluding carboxylic acids is 3. The predicted molar refractivity (Wildman–Crippen MR) is 109 cm³/mol. The van der Waals surface area contributed by atoms with Crippen LogP contribution in [0, 0.1) is 0 Å². The Kier molecular flexibility index (Phi) is 8.50. The molecule has 0 saturated heterocycles. The highest BCUT2D eigenvalue weighted by molar-refractivity contribution is 5.96. The van der Waals surface area contributed by atoms with Gasteiger partial charge in [0, 0.05) is 24.1 Å². The third-order valence-electron chi connectivity index (χ3n) is 3.75. The number of benzene rings is 2. The summed E-state index contributed by atoms with van der Waals surface area (Å²) in [5.41, 5.74) is 5.58. The molecule has 0 aliphatic rings. The fourth-order valence-corrected chi connectivity index (χ4v) is 2.41. The summed E-state index contributed by atoms with van der Waals surface area (Å²) >= 11 is 0. The van der Waals surface area contributed by atoms with Gasteiger partial charge >= 0.3 is 0 Å². The zero-order chi connectivity index (χ0) is 21.1. The lowest BCUT2D eigenvalue weighted by Gasteiger charge is -2.09. The van der Waals surface area contributed by atoms with Gasteiger partial charge in [0.15, 0.2) is 0 Å². The Bertz CT molecular complexity index is 836. The van der Waals surface area contributed by atoms with Gasteiger partial charge in [0.05, 0.1) is 13.2 Å². The second-order valence-corrected chi connectivity index (χ2v) is 5.97. The molecule has 0 aromatic heterocycles. The van der Waals surface area contributed by atoms with Crippen molar-refractivity contribution >= 4 is 23.4 Å². The van der Waals surface area contributed by atoms with Crippen LogP contribution in [0.3, 0.4) is 0 Å². The van der Waals surface area contributed by atoms with E-state index in [-0.39, 0.29) is 18.7 Å². The molecule has 0 bridgehead atoms. The molecule has 0 fully saturated rings. The summed E-state index contributed by atoms with van der Waals surface area (Å²) in [5.74, 6) is 0.0322. The van der Waals surface area contributed by atoms with Gasteiger partial charge in [-0.2, -0.15) is 0 Å². The normalized spacial score (nSPS) is 10.0. The van der Waals surface area contributed by atoms with Crippen molar-refractivity contribution in [2.24, 2.45) is 0 Å². The molecule has 29 heavy (non-hydrogen) atoms. The van der Waals surface area contributed by atoms with Crippen LogP contribution in [0.2, 0.25) is 0 Å². The van der Waals surface area contributed by atoms with Crippen LogP contribution >= 0.6 is 0 Å². The molecule has 2 aromatic rings. The van der Waals surface area contributed by atoms with Crippen molar-refractivity contribution in [1.82, 2.24) is 10.9 Å². The average Bonchev–Trinajstić information content (AvgIpc) is 2.72. The number of carbonyl (C=O) groups is 3. The van der Waals surface area contributed by atoms with Gasteiger partial charge in [-0.1, -0.05) is 6.07 Å². The van der Waals surface area contributed by atoms with Crippen LogP contribution < -0.4 is 25.6 Å². The van der Waals surface area contributed by atoms with E-state index in [1.807, 2.05) is 13.8 Å². The average molecular weight is 399 g/mol. The highest BCUT2D eigenvalue weighted by atomic mass is 16.5. The summed E-state index contributed by atoms with van der Waals surface area (Å²) in [4.78, 5) is 35.9. The minimum atomic E-state index is -0.473. The van der Waals surface area contributed by atoms with Crippen LogP contribution in [-0.2, 0) is 9.59 Å². The second-order valence-electron chi connectivity index (χ2n) is 5.97. The van der Waals surface area contributed by atoms with E-state index in [4.69, 9.17) is 9.47 Å². The summed E-state index contributed by atoms with van der Waals surface area (Å²) < 4.78 is 10.7. The Morgan fingerprint density at radius 1 is 0.793 bits per heavy atom. The van der Waals surface area contributed by atoms with Gasteiger partial charge in [-0.3, -0.25) is 25.2 Å². The summed E-state index contributed by atoms with van der Waals surface area (Å²) in [6.07, 6.45) is -0.0864. The molecular formula is C21H25N3O5. The molecule has 154 valence electrons. The molecular weight excluding hydrogens is 374 g/mol. The van der Waals surface area contributed by atoms with E-state index in [9.17, 15) is 14.4 Å². The number of ether oxygens (including phenoxy) is 2. The van der Waals surface area contributed by atoms with Crippen LogP contribution in [0.25, 0.3) is 0 Å². The highest BCUT2D eigenvalue weighted by Gasteiger charge is 2.10. The second kappa shape index (κ2) is 11.3.